The third-order valence-corrected chi connectivity index (χ3v) is 3.83. The second-order valence-electron chi connectivity index (χ2n) is 5.40. The lowest BCUT2D eigenvalue weighted by Crippen LogP contribution is -2.47. The van der Waals surface area contributed by atoms with Crippen LogP contribution in [-0.4, -0.2) is 62.7 Å². The summed E-state index contributed by atoms with van der Waals surface area (Å²) in [6.45, 7) is 9.07. The molecule has 1 saturated heterocycles. The van der Waals surface area contributed by atoms with E-state index in [9.17, 15) is 0 Å². The highest BCUT2D eigenvalue weighted by Gasteiger charge is 2.26. The van der Waals surface area contributed by atoms with Gasteiger partial charge in [0.05, 0.1) is 0 Å². The van der Waals surface area contributed by atoms with Crippen molar-refractivity contribution in [2.75, 3.05) is 52.9 Å². The Bertz CT molecular complexity index is 184. The maximum Gasteiger partial charge on any atom is 0.0110 e. The Hall–Kier alpha value is -0.120. The van der Waals surface area contributed by atoms with Crippen LogP contribution in [0.25, 0.3) is 0 Å². The zero-order valence-electron chi connectivity index (χ0n) is 10.7. The first-order valence-corrected chi connectivity index (χ1v) is 6.98. The zero-order chi connectivity index (χ0) is 11.2. The Morgan fingerprint density at radius 3 is 2.31 bits per heavy atom. The van der Waals surface area contributed by atoms with Crippen LogP contribution in [0, 0.1) is 5.92 Å². The summed E-state index contributed by atoms with van der Waals surface area (Å²) < 4.78 is 0. The average Bonchev–Trinajstić information content (AvgIpc) is 3.11. The first-order chi connectivity index (χ1) is 7.88. The van der Waals surface area contributed by atoms with Gasteiger partial charge in [0.2, 0.25) is 0 Å². The highest BCUT2D eigenvalue weighted by molar-refractivity contribution is 4.80. The number of unbranched alkanes of at least 4 members (excludes halogenated alkanes) is 1. The van der Waals surface area contributed by atoms with Crippen LogP contribution >= 0.6 is 0 Å². The number of hydrogen-bond donors (Lipinski definition) is 1. The molecule has 0 bridgehead atoms. The molecule has 3 nitrogen and oxygen atoms in total. The quantitative estimate of drug-likeness (QED) is 0.653. The van der Waals surface area contributed by atoms with Crippen molar-refractivity contribution in [1.82, 2.24) is 15.1 Å². The van der Waals surface area contributed by atoms with Crippen molar-refractivity contribution in [3.05, 3.63) is 0 Å². The Balaban J connectivity index is 1.50. The average molecular weight is 225 g/mol. The molecular weight excluding hydrogens is 198 g/mol. The lowest BCUT2D eigenvalue weighted by molar-refractivity contribution is 0.127. The largest absolute Gasteiger partial charge is 0.320 e. The van der Waals surface area contributed by atoms with Crippen LogP contribution in [-0.2, 0) is 0 Å². The number of hydrogen-bond acceptors (Lipinski definition) is 3. The minimum Gasteiger partial charge on any atom is -0.320 e. The Morgan fingerprint density at radius 2 is 1.69 bits per heavy atom. The molecule has 1 saturated carbocycles. The van der Waals surface area contributed by atoms with E-state index in [0.29, 0.717) is 0 Å². The maximum atomic E-state index is 3.21. The van der Waals surface area contributed by atoms with E-state index in [2.05, 4.69) is 15.1 Å². The molecule has 3 heteroatoms. The lowest BCUT2D eigenvalue weighted by Gasteiger charge is -2.34. The highest BCUT2D eigenvalue weighted by Crippen LogP contribution is 2.29. The SMILES string of the molecule is CNCCCCN1CCN(CC2CC2)CC1. The van der Waals surface area contributed by atoms with E-state index < -0.39 is 0 Å². The summed E-state index contributed by atoms with van der Waals surface area (Å²) in [6.07, 6.45) is 5.65. The van der Waals surface area contributed by atoms with E-state index in [4.69, 9.17) is 0 Å². The molecule has 0 radical (unpaired) electrons. The molecule has 0 aromatic carbocycles. The lowest BCUT2D eigenvalue weighted by atomic mass is 10.2. The molecule has 0 amide bonds. The van der Waals surface area contributed by atoms with Gasteiger partial charge in [-0.15, -0.1) is 0 Å². The monoisotopic (exact) mass is 225 g/mol. The third kappa shape index (κ3) is 4.40. The van der Waals surface area contributed by atoms with Crippen molar-refractivity contribution in [3.63, 3.8) is 0 Å². The van der Waals surface area contributed by atoms with Crippen molar-refractivity contribution >= 4 is 0 Å². The van der Waals surface area contributed by atoms with Crippen LogP contribution in [0.5, 0.6) is 0 Å². The number of nitrogens with one attached hydrogen (secondary N) is 1. The summed E-state index contributed by atoms with van der Waals surface area (Å²) in [5, 5.41) is 3.21. The van der Waals surface area contributed by atoms with Gasteiger partial charge in [-0.25, -0.2) is 0 Å². The van der Waals surface area contributed by atoms with Gasteiger partial charge in [0.1, 0.15) is 0 Å². The predicted molar refractivity (Wildman–Crippen MR) is 68.8 cm³/mol. The van der Waals surface area contributed by atoms with E-state index >= 15 is 0 Å². The smallest absolute Gasteiger partial charge is 0.0110 e. The minimum absolute atomic E-state index is 1.06. The topological polar surface area (TPSA) is 18.5 Å². The van der Waals surface area contributed by atoms with Crippen molar-refractivity contribution in [2.45, 2.75) is 25.7 Å². The van der Waals surface area contributed by atoms with Crippen LogP contribution in [0.1, 0.15) is 25.7 Å². The molecule has 2 fully saturated rings. The first-order valence-electron chi connectivity index (χ1n) is 6.98. The number of rotatable bonds is 7. The van der Waals surface area contributed by atoms with Gasteiger partial charge in [-0.2, -0.15) is 0 Å². The molecule has 0 atom stereocenters. The zero-order valence-corrected chi connectivity index (χ0v) is 10.7. The fraction of sp³-hybridized carbons (Fsp3) is 1.00. The van der Waals surface area contributed by atoms with Gasteiger partial charge in [-0.1, -0.05) is 0 Å². The predicted octanol–water partition coefficient (Wildman–Crippen LogP) is 1.01. The standard InChI is InChI=1S/C13H27N3/c1-14-6-2-3-7-15-8-10-16(11-9-15)12-13-4-5-13/h13-14H,2-12H2,1H3. The summed E-state index contributed by atoms with van der Waals surface area (Å²) >= 11 is 0. The Kier molecular flexibility index (Phi) is 5.07. The van der Waals surface area contributed by atoms with E-state index in [1.807, 2.05) is 7.05 Å². The van der Waals surface area contributed by atoms with Gasteiger partial charge >= 0.3 is 0 Å². The van der Waals surface area contributed by atoms with Crippen LogP contribution in [0.4, 0.5) is 0 Å². The summed E-state index contributed by atoms with van der Waals surface area (Å²) in [7, 11) is 2.04. The van der Waals surface area contributed by atoms with Crippen molar-refractivity contribution in [3.8, 4) is 0 Å². The molecule has 0 spiro atoms. The molecule has 1 aliphatic carbocycles. The molecule has 16 heavy (non-hydrogen) atoms. The second kappa shape index (κ2) is 6.58. The number of piperazine rings is 1. The van der Waals surface area contributed by atoms with E-state index in [0.717, 1.165) is 5.92 Å². The van der Waals surface area contributed by atoms with Gasteiger partial charge < -0.3 is 15.1 Å². The van der Waals surface area contributed by atoms with Gasteiger partial charge in [-0.3, -0.25) is 0 Å². The molecule has 2 aliphatic rings. The van der Waals surface area contributed by atoms with E-state index in [-0.39, 0.29) is 0 Å². The summed E-state index contributed by atoms with van der Waals surface area (Å²) in [5.74, 6) is 1.06. The molecule has 2 rings (SSSR count). The number of nitrogens with zero attached hydrogens (tertiary/aromatic N) is 2. The highest BCUT2D eigenvalue weighted by atomic mass is 15.3. The second-order valence-corrected chi connectivity index (χ2v) is 5.40. The molecule has 94 valence electrons. The van der Waals surface area contributed by atoms with Gasteiger partial charge in [0.15, 0.2) is 0 Å². The molecule has 1 aliphatic heterocycles. The van der Waals surface area contributed by atoms with Crippen LogP contribution in [0.15, 0.2) is 0 Å². The van der Waals surface area contributed by atoms with Crippen molar-refractivity contribution in [1.29, 1.82) is 0 Å². The maximum absolute atomic E-state index is 3.21. The summed E-state index contributed by atoms with van der Waals surface area (Å²) in [5.41, 5.74) is 0. The Labute approximate surface area is 100 Å². The van der Waals surface area contributed by atoms with Crippen LogP contribution < -0.4 is 5.32 Å². The Morgan fingerprint density at radius 1 is 1.00 bits per heavy atom. The van der Waals surface area contributed by atoms with Gasteiger partial charge in [0.25, 0.3) is 0 Å². The third-order valence-electron chi connectivity index (χ3n) is 3.83. The summed E-state index contributed by atoms with van der Waals surface area (Å²) in [6, 6.07) is 0. The molecule has 1 heterocycles. The van der Waals surface area contributed by atoms with E-state index in [1.165, 1.54) is 71.5 Å². The summed E-state index contributed by atoms with van der Waals surface area (Å²) in [4.78, 5) is 5.31. The molecule has 0 unspecified atom stereocenters. The van der Waals surface area contributed by atoms with Crippen molar-refractivity contribution in [2.24, 2.45) is 5.92 Å². The molecular formula is C13H27N3. The molecule has 0 aromatic heterocycles. The molecule has 1 N–H and O–H groups in total. The normalized spacial score (nSPS) is 23.8. The van der Waals surface area contributed by atoms with E-state index in [1.54, 1.807) is 0 Å². The fourth-order valence-corrected chi connectivity index (χ4v) is 2.50. The first kappa shape index (κ1) is 12.3. The van der Waals surface area contributed by atoms with Gasteiger partial charge in [0, 0.05) is 32.7 Å². The minimum atomic E-state index is 1.06. The van der Waals surface area contributed by atoms with Crippen molar-refractivity contribution < 1.29 is 0 Å². The fourth-order valence-electron chi connectivity index (χ4n) is 2.50. The van der Waals surface area contributed by atoms with Gasteiger partial charge in [-0.05, 0) is 51.7 Å². The van der Waals surface area contributed by atoms with Crippen LogP contribution in [0.2, 0.25) is 0 Å². The molecule has 0 aromatic rings. The van der Waals surface area contributed by atoms with Crippen LogP contribution in [0.3, 0.4) is 0 Å².